The minimum atomic E-state index is 0.721. The standard InChI is InChI=1S/C7H9NOS/c1-2-5-3-7(8)10-6(5)4-9/h3-4H,2,8H2,1H3. The number of aryl methyl sites for hydroxylation is 1. The Hall–Kier alpha value is -0.830. The Morgan fingerprint density at radius 3 is 2.90 bits per heavy atom. The number of carbonyl (C=O) groups is 1. The summed E-state index contributed by atoms with van der Waals surface area (Å²) in [5.41, 5.74) is 6.54. The second-order valence-electron chi connectivity index (χ2n) is 2.01. The van der Waals surface area contributed by atoms with Gasteiger partial charge in [-0.15, -0.1) is 11.3 Å². The van der Waals surface area contributed by atoms with Gasteiger partial charge in [0.15, 0.2) is 6.29 Å². The number of hydrogen-bond acceptors (Lipinski definition) is 3. The van der Waals surface area contributed by atoms with Crippen LogP contribution in [-0.4, -0.2) is 6.29 Å². The molecule has 0 fully saturated rings. The Kier molecular flexibility index (Phi) is 2.06. The first-order valence-electron chi connectivity index (χ1n) is 3.11. The summed E-state index contributed by atoms with van der Waals surface area (Å²) in [6.45, 7) is 2.01. The van der Waals surface area contributed by atoms with E-state index in [0.717, 1.165) is 28.1 Å². The number of rotatable bonds is 2. The average Bonchev–Trinajstić information content (AvgIpc) is 2.30. The van der Waals surface area contributed by atoms with Gasteiger partial charge in [0.25, 0.3) is 0 Å². The molecule has 0 unspecified atom stereocenters. The molecule has 0 bridgehead atoms. The largest absolute Gasteiger partial charge is 0.391 e. The molecule has 0 saturated carbocycles. The molecule has 1 rings (SSSR count). The molecule has 0 amide bonds. The van der Waals surface area contributed by atoms with Crippen molar-refractivity contribution in [2.24, 2.45) is 0 Å². The van der Waals surface area contributed by atoms with E-state index >= 15 is 0 Å². The Bertz CT molecular complexity index is 242. The van der Waals surface area contributed by atoms with Crippen LogP contribution in [0.15, 0.2) is 6.07 Å². The summed E-state index contributed by atoms with van der Waals surface area (Å²) in [6, 6.07) is 1.86. The number of aldehydes is 1. The first-order chi connectivity index (χ1) is 4.77. The third-order valence-electron chi connectivity index (χ3n) is 1.35. The van der Waals surface area contributed by atoms with Crippen molar-refractivity contribution in [1.82, 2.24) is 0 Å². The van der Waals surface area contributed by atoms with Gasteiger partial charge in [0.05, 0.1) is 9.88 Å². The summed E-state index contributed by atoms with van der Waals surface area (Å²) >= 11 is 1.35. The van der Waals surface area contributed by atoms with Crippen molar-refractivity contribution in [2.45, 2.75) is 13.3 Å². The first kappa shape index (κ1) is 7.28. The summed E-state index contributed by atoms with van der Waals surface area (Å²) in [5, 5.41) is 0.721. The number of nitrogens with two attached hydrogens (primary N) is 1. The Balaban J connectivity index is 3.08. The van der Waals surface area contributed by atoms with Gasteiger partial charge in [-0.1, -0.05) is 6.92 Å². The SMILES string of the molecule is CCc1cc(N)sc1C=O. The van der Waals surface area contributed by atoms with Gasteiger partial charge in [-0.05, 0) is 18.1 Å². The van der Waals surface area contributed by atoms with E-state index in [4.69, 9.17) is 5.73 Å². The maximum absolute atomic E-state index is 10.4. The van der Waals surface area contributed by atoms with Crippen molar-refractivity contribution in [3.63, 3.8) is 0 Å². The molecule has 1 heterocycles. The molecule has 0 radical (unpaired) electrons. The molecule has 0 aromatic carbocycles. The van der Waals surface area contributed by atoms with Gasteiger partial charge in [-0.25, -0.2) is 0 Å². The van der Waals surface area contributed by atoms with Crippen molar-refractivity contribution in [1.29, 1.82) is 0 Å². The van der Waals surface area contributed by atoms with Crippen molar-refractivity contribution in [3.8, 4) is 0 Å². The predicted octanol–water partition coefficient (Wildman–Crippen LogP) is 1.71. The van der Waals surface area contributed by atoms with Crippen LogP contribution in [0.25, 0.3) is 0 Å². The zero-order valence-corrected chi connectivity index (χ0v) is 6.57. The summed E-state index contributed by atoms with van der Waals surface area (Å²) in [4.78, 5) is 11.1. The fraction of sp³-hybridized carbons (Fsp3) is 0.286. The van der Waals surface area contributed by atoms with Crippen LogP contribution in [0.2, 0.25) is 0 Å². The topological polar surface area (TPSA) is 43.1 Å². The fourth-order valence-electron chi connectivity index (χ4n) is 0.841. The van der Waals surface area contributed by atoms with Crippen LogP contribution < -0.4 is 5.73 Å². The normalized spacial score (nSPS) is 9.70. The van der Waals surface area contributed by atoms with Crippen LogP contribution in [0.1, 0.15) is 22.2 Å². The van der Waals surface area contributed by atoms with E-state index < -0.39 is 0 Å². The molecule has 0 aliphatic carbocycles. The molecule has 1 aromatic heterocycles. The Morgan fingerprint density at radius 1 is 1.80 bits per heavy atom. The molecule has 0 atom stereocenters. The minimum Gasteiger partial charge on any atom is -0.391 e. The maximum Gasteiger partial charge on any atom is 0.160 e. The average molecular weight is 155 g/mol. The molecule has 0 aliphatic rings. The van der Waals surface area contributed by atoms with Crippen LogP contribution >= 0.6 is 11.3 Å². The van der Waals surface area contributed by atoms with Crippen molar-refractivity contribution in [2.75, 3.05) is 5.73 Å². The van der Waals surface area contributed by atoms with Gasteiger partial charge < -0.3 is 5.73 Å². The van der Waals surface area contributed by atoms with E-state index in [9.17, 15) is 4.79 Å². The summed E-state index contributed by atoms with van der Waals surface area (Å²) in [7, 11) is 0. The monoisotopic (exact) mass is 155 g/mol. The third-order valence-corrected chi connectivity index (χ3v) is 2.28. The third kappa shape index (κ3) is 1.19. The highest BCUT2D eigenvalue weighted by molar-refractivity contribution is 7.17. The zero-order chi connectivity index (χ0) is 7.56. The van der Waals surface area contributed by atoms with E-state index in [0.29, 0.717) is 0 Å². The summed E-state index contributed by atoms with van der Waals surface area (Å²) in [6.07, 6.45) is 1.74. The lowest BCUT2D eigenvalue weighted by molar-refractivity contribution is 0.112. The Labute approximate surface area is 63.7 Å². The predicted molar refractivity (Wildman–Crippen MR) is 43.5 cm³/mol. The molecular weight excluding hydrogens is 146 g/mol. The molecular formula is C7H9NOS. The number of nitrogen functional groups attached to an aromatic ring is 1. The van der Waals surface area contributed by atoms with E-state index in [1.54, 1.807) is 0 Å². The van der Waals surface area contributed by atoms with Crippen LogP contribution in [0.4, 0.5) is 5.00 Å². The fourth-order valence-corrected chi connectivity index (χ4v) is 1.68. The lowest BCUT2D eigenvalue weighted by atomic mass is 10.2. The number of hydrogen-bond donors (Lipinski definition) is 1. The van der Waals surface area contributed by atoms with Crippen molar-refractivity contribution < 1.29 is 4.79 Å². The second kappa shape index (κ2) is 2.84. The molecule has 3 heteroatoms. The van der Waals surface area contributed by atoms with Gasteiger partial charge in [0.2, 0.25) is 0 Å². The van der Waals surface area contributed by atoms with Crippen LogP contribution in [-0.2, 0) is 6.42 Å². The van der Waals surface area contributed by atoms with E-state index in [2.05, 4.69) is 0 Å². The smallest absolute Gasteiger partial charge is 0.160 e. The molecule has 2 nitrogen and oxygen atoms in total. The molecule has 1 aromatic rings. The van der Waals surface area contributed by atoms with Crippen molar-refractivity contribution in [3.05, 3.63) is 16.5 Å². The molecule has 2 N–H and O–H groups in total. The van der Waals surface area contributed by atoms with E-state index in [-0.39, 0.29) is 0 Å². The highest BCUT2D eigenvalue weighted by atomic mass is 32.1. The number of anilines is 1. The number of thiophene rings is 1. The lowest BCUT2D eigenvalue weighted by Gasteiger charge is -1.86. The van der Waals surface area contributed by atoms with Crippen LogP contribution in [0, 0.1) is 0 Å². The molecule has 0 spiro atoms. The number of carbonyl (C=O) groups excluding carboxylic acids is 1. The minimum absolute atomic E-state index is 0.721. The first-order valence-corrected chi connectivity index (χ1v) is 3.93. The molecule has 0 aliphatic heterocycles. The highest BCUT2D eigenvalue weighted by Gasteiger charge is 2.02. The maximum atomic E-state index is 10.4. The van der Waals surface area contributed by atoms with Gasteiger partial charge in [-0.3, -0.25) is 4.79 Å². The highest BCUT2D eigenvalue weighted by Crippen LogP contribution is 2.22. The van der Waals surface area contributed by atoms with Gasteiger partial charge >= 0.3 is 0 Å². The summed E-state index contributed by atoms with van der Waals surface area (Å²) in [5.74, 6) is 0. The van der Waals surface area contributed by atoms with E-state index in [1.165, 1.54) is 11.3 Å². The van der Waals surface area contributed by atoms with Crippen LogP contribution in [0.5, 0.6) is 0 Å². The van der Waals surface area contributed by atoms with Gasteiger partial charge in [-0.2, -0.15) is 0 Å². The van der Waals surface area contributed by atoms with Gasteiger partial charge in [0, 0.05) is 0 Å². The molecule has 10 heavy (non-hydrogen) atoms. The second-order valence-corrected chi connectivity index (χ2v) is 3.13. The molecule has 0 saturated heterocycles. The van der Waals surface area contributed by atoms with E-state index in [1.807, 2.05) is 13.0 Å². The molecule has 54 valence electrons. The quantitative estimate of drug-likeness (QED) is 0.660. The lowest BCUT2D eigenvalue weighted by Crippen LogP contribution is -1.80. The van der Waals surface area contributed by atoms with Crippen molar-refractivity contribution >= 4 is 22.6 Å². The van der Waals surface area contributed by atoms with Crippen LogP contribution in [0.3, 0.4) is 0 Å². The zero-order valence-electron chi connectivity index (χ0n) is 5.76. The Morgan fingerprint density at radius 2 is 2.50 bits per heavy atom. The summed E-state index contributed by atoms with van der Waals surface area (Å²) < 4.78 is 0. The van der Waals surface area contributed by atoms with Gasteiger partial charge in [0.1, 0.15) is 0 Å².